The minimum absolute atomic E-state index is 0.356. The van der Waals surface area contributed by atoms with E-state index in [1.165, 1.54) is 6.08 Å². The third kappa shape index (κ3) is 4.76. The van der Waals surface area contributed by atoms with E-state index in [9.17, 15) is 4.79 Å². The Labute approximate surface area is 128 Å². The number of aliphatic carboxylic acids is 1. The van der Waals surface area contributed by atoms with Crippen molar-refractivity contribution in [2.24, 2.45) is 5.92 Å². The molecule has 3 heteroatoms. The van der Waals surface area contributed by atoms with E-state index in [-0.39, 0.29) is 5.60 Å². The molecule has 3 nitrogen and oxygen atoms in total. The Hall–Kier alpha value is -1.51. The molecule has 0 radical (unpaired) electrons. The molecule has 2 unspecified atom stereocenters. The lowest BCUT2D eigenvalue weighted by molar-refractivity contribution is -0.131. The molecule has 2 atom stereocenters. The van der Waals surface area contributed by atoms with Gasteiger partial charge in [0.05, 0.1) is 6.08 Å². The van der Waals surface area contributed by atoms with Gasteiger partial charge in [0.1, 0.15) is 11.4 Å². The number of hydrogen-bond donors (Lipinski definition) is 1. The molecule has 0 saturated carbocycles. The molecule has 0 amide bonds. The van der Waals surface area contributed by atoms with Gasteiger partial charge in [-0.25, -0.2) is 4.79 Å². The number of ether oxygens (including phenoxy) is 1. The third-order valence-corrected chi connectivity index (χ3v) is 4.08. The molecule has 0 aromatic rings. The van der Waals surface area contributed by atoms with Crippen LogP contribution in [0.15, 0.2) is 35.6 Å². The SMILES string of the molecule is CCC=CC(CC)CC1(CC)C=C(CC)C(=CC(=O)O)O1. The van der Waals surface area contributed by atoms with Crippen LogP contribution in [0.2, 0.25) is 0 Å². The lowest BCUT2D eigenvalue weighted by Gasteiger charge is -2.29. The Morgan fingerprint density at radius 2 is 2.10 bits per heavy atom. The fraction of sp³-hybridized carbons (Fsp3) is 0.611. The molecule has 1 aliphatic rings. The van der Waals surface area contributed by atoms with Crippen LogP contribution in [0.4, 0.5) is 0 Å². The number of carboxylic acid groups (broad SMARTS) is 1. The van der Waals surface area contributed by atoms with Crippen molar-refractivity contribution in [2.75, 3.05) is 0 Å². The van der Waals surface area contributed by atoms with Crippen LogP contribution < -0.4 is 0 Å². The maximum absolute atomic E-state index is 10.9. The van der Waals surface area contributed by atoms with Crippen molar-refractivity contribution >= 4 is 5.97 Å². The van der Waals surface area contributed by atoms with Gasteiger partial charge in [0.15, 0.2) is 0 Å². The standard InChI is InChI=1S/C18H28O3/c1-5-9-10-14(6-2)12-18(8-4)13-15(7-3)16(21-18)11-17(19)20/h9-11,13-14H,5-8,12H2,1-4H3,(H,19,20). The summed E-state index contributed by atoms with van der Waals surface area (Å²) in [6.07, 6.45) is 12.4. The monoisotopic (exact) mass is 292 g/mol. The average molecular weight is 292 g/mol. The highest BCUT2D eigenvalue weighted by Crippen LogP contribution is 2.40. The first-order valence-corrected chi connectivity index (χ1v) is 8.02. The van der Waals surface area contributed by atoms with Crippen LogP contribution in [0.1, 0.15) is 59.8 Å². The zero-order valence-electron chi connectivity index (χ0n) is 13.7. The Bertz CT molecular complexity index is 445. The van der Waals surface area contributed by atoms with Crippen molar-refractivity contribution in [3.8, 4) is 0 Å². The van der Waals surface area contributed by atoms with Gasteiger partial charge in [0.2, 0.25) is 0 Å². The van der Waals surface area contributed by atoms with Crippen molar-refractivity contribution in [1.29, 1.82) is 0 Å². The van der Waals surface area contributed by atoms with Gasteiger partial charge in [-0.2, -0.15) is 0 Å². The Balaban J connectivity index is 2.98. The van der Waals surface area contributed by atoms with Crippen LogP contribution in [0.25, 0.3) is 0 Å². The van der Waals surface area contributed by atoms with Gasteiger partial charge in [-0.3, -0.25) is 0 Å². The molecular formula is C18H28O3. The quantitative estimate of drug-likeness (QED) is 0.513. The second-order valence-corrected chi connectivity index (χ2v) is 5.60. The van der Waals surface area contributed by atoms with Crippen LogP contribution in [-0.2, 0) is 9.53 Å². The molecular weight excluding hydrogens is 264 g/mol. The fourth-order valence-corrected chi connectivity index (χ4v) is 2.75. The van der Waals surface area contributed by atoms with Gasteiger partial charge in [0.25, 0.3) is 0 Å². The van der Waals surface area contributed by atoms with E-state index in [0.717, 1.165) is 37.7 Å². The van der Waals surface area contributed by atoms with Crippen LogP contribution >= 0.6 is 0 Å². The summed E-state index contributed by atoms with van der Waals surface area (Å²) in [5.74, 6) is 0.0405. The lowest BCUT2D eigenvalue weighted by atomic mass is 9.86. The highest BCUT2D eigenvalue weighted by Gasteiger charge is 2.37. The molecule has 1 aliphatic heterocycles. The zero-order chi connectivity index (χ0) is 15.9. The molecule has 1 heterocycles. The van der Waals surface area contributed by atoms with E-state index in [0.29, 0.717) is 11.7 Å². The van der Waals surface area contributed by atoms with Crippen molar-refractivity contribution in [3.05, 3.63) is 35.6 Å². The zero-order valence-corrected chi connectivity index (χ0v) is 13.7. The summed E-state index contributed by atoms with van der Waals surface area (Å²) in [5.41, 5.74) is 0.652. The summed E-state index contributed by atoms with van der Waals surface area (Å²) in [5, 5.41) is 8.98. The Morgan fingerprint density at radius 1 is 1.38 bits per heavy atom. The lowest BCUT2D eigenvalue weighted by Crippen LogP contribution is -2.28. The van der Waals surface area contributed by atoms with Gasteiger partial charge in [-0.1, -0.05) is 39.8 Å². The van der Waals surface area contributed by atoms with Gasteiger partial charge in [-0.05, 0) is 49.7 Å². The topological polar surface area (TPSA) is 46.5 Å². The predicted molar refractivity (Wildman–Crippen MR) is 86.0 cm³/mol. The number of carbonyl (C=O) groups is 1. The van der Waals surface area contributed by atoms with E-state index in [1.807, 2.05) is 6.92 Å². The maximum atomic E-state index is 10.9. The van der Waals surface area contributed by atoms with Gasteiger partial charge < -0.3 is 9.84 Å². The van der Waals surface area contributed by atoms with Crippen LogP contribution in [0.3, 0.4) is 0 Å². The predicted octanol–water partition coefficient (Wildman–Crippen LogP) is 4.85. The average Bonchev–Trinajstić information content (AvgIpc) is 2.81. The second kappa shape index (κ2) is 8.06. The van der Waals surface area contributed by atoms with Crippen molar-refractivity contribution in [1.82, 2.24) is 0 Å². The fourth-order valence-electron chi connectivity index (χ4n) is 2.75. The first-order valence-electron chi connectivity index (χ1n) is 8.02. The minimum Gasteiger partial charge on any atom is -0.483 e. The van der Waals surface area contributed by atoms with Gasteiger partial charge in [0, 0.05) is 0 Å². The molecule has 0 aromatic carbocycles. The molecule has 0 aromatic heterocycles. The molecule has 0 fully saturated rings. The molecule has 0 spiro atoms. The molecule has 1 N–H and O–H groups in total. The summed E-state index contributed by atoms with van der Waals surface area (Å²) < 4.78 is 6.08. The van der Waals surface area contributed by atoms with E-state index < -0.39 is 5.97 Å². The largest absolute Gasteiger partial charge is 0.483 e. The maximum Gasteiger partial charge on any atom is 0.332 e. The number of carboxylic acids is 1. The molecule has 0 aliphatic carbocycles. The smallest absolute Gasteiger partial charge is 0.332 e. The number of hydrogen-bond acceptors (Lipinski definition) is 2. The summed E-state index contributed by atoms with van der Waals surface area (Å²) in [7, 11) is 0. The van der Waals surface area contributed by atoms with E-state index in [2.05, 4.69) is 39.0 Å². The number of allylic oxidation sites excluding steroid dienone is 3. The summed E-state index contributed by atoms with van der Waals surface area (Å²) in [6.45, 7) is 8.45. The second-order valence-electron chi connectivity index (χ2n) is 5.60. The van der Waals surface area contributed by atoms with Gasteiger partial charge >= 0.3 is 5.97 Å². The Morgan fingerprint density at radius 3 is 2.57 bits per heavy atom. The van der Waals surface area contributed by atoms with Crippen molar-refractivity contribution in [2.45, 2.75) is 65.4 Å². The van der Waals surface area contributed by atoms with E-state index >= 15 is 0 Å². The summed E-state index contributed by atoms with van der Waals surface area (Å²) in [4.78, 5) is 10.9. The van der Waals surface area contributed by atoms with Crippen molar-refractivity contribution < 1.29 is 14.6 Å². The molecule has 118 valence electrons. The first kappa shape index (κ1) is 17.5. The van der Waals surface area contributed by atoms with Crippen LogP contribution in [0.5, 0.6) is 0 Å². The van der Waals surface area contributed by atoms with Crippen LogP contribution in [-0.4, -0.2) is 16.7 Å². The molecule has 21 heavy (non-hydrogen) atoms. The normalized spacial score (nSPS) is 25.1. The highest BCUT2D eigenvalue weighted by atomic mass is 16.5. The Kier molecular flexibility index (Phi) is 6.73. The third-order valence-electron chi connectivity index (χ3n) is 4.08. The number of rotatable bonds is 8. The van der Waals surface area contributed by atoms with Gasteiger partial charge in [-0.15, -0.1) is 0 Å². The molecule has 0 saturated heterocycles. The summed E-state index contributed by atoms with van der Waals surface area (Å²) in [6, 6.07) is 0. The highest BCUT2D eigenvalue weighted by molar-refractivity contribution is 5.81. The van der Waals surface area contributed by atoms with E-state index in [1.54, 1.807) is 0 Å². The minimum atomic E-state index is -0.950. The summed E-state index contributed by atoms with van der Waals surface area (Å²) >= 11 is 0. The molecule has 1 rings (SSSR count). The van der Waals surface area contributed by atoms with Crippen LogP contribution in [0, 0.1) is 5.92 Å². The van der Waals surface area contributed by atoms with E-state index in [4.69, 9.17) is 9.84 Å². The first-order chi connectivity index (χ1) is 10.00. The molecule has 0 bridgehead atoms. The van der Waals surface area contributed by atoms with Crippen molar-refractivity contribution in [3.63, 3.8) is 0 Å².